The van der Waals surface area contributed by atoms with Gasteiger partial charge in [-0.15, -0.1) is 0 Å². The second-order valence-corrected chi connectivity index (χ2v) is 2.79. The van der Waals surface area contributed by atoms with E-state index in [1.807, 2.05) is 0 Å². The van der Waals surface area contributed by atoms with Gasteiger partial charge in [0.1, 0.15) is 11.6 Å². The number of rotatable bonds is 2. The molecule has 0 fully saturated rings. The second-order valence-electron chi connectivity index (χ2n) is 2.79. The van der Waals surface area contributed by atoms with Gasteiger partial charge >= 0.3 is 0 Å². The van der Waals surface area contributed by atoms with Crippen LogP contribution in [0.2, 0.25) is 0 Å². The van der Waals surface area contributed by atoms with Gasteiger partial charge < -0.3 is 5.11 Å². The zero-order valence-electron chi connectivity index (χ0n) is 6.72. The molecule has 3 heteroatoms. The van der Waals surface area contributed by atoms with Crippen molar-refractivity contribution in [3.63, 3.8) is 0 Å². The van der Waals surface area contributed by atoms with Crippen LogP contribution in [0.15, 0.2) is 18.2 Å². The first-order valence-electron chi connectivity index (χ1n) is 3.71. The number of benzene rings is 1. The molecule has 12 heavy (non-hydrogen) atoms. The predicted octanol–water partition coefficient (Wildman–Crippen LogP) is 1.89. The molecule has 0 spiro atoms. The van der Waals surface area contributed by atoms with Crippen LogP contribution in [-0.4, -0.2) is 11.2 Å². The Morgan fingerprint density at radius 2 is 2.08 bits per heavy atom. The first-order valence-corrected chi connectivity index (χ1v) is 3.71. The molecule has 1 aromatic rings. The minimum atomic E-state index is -0.652. The molecule has 0 aromatic heterocycles. The molecule has 66 valence electrons. The van der Waals surface area contributed by atoms with E-state index in [1.165, 1.54) is 6.92 Å². The van der Waals surface area contributed by atoms with Crippen LogP contribution in [0.25, 0.3) is 0 Å². The van der Waals surface area contributed by atoms with Gasteiger partial charge in [0.15, 0.2) is 0 Å². The smallest absolute Gasteiger partial charge is 0.126 e. The topological polar surface area (TPSA) is 20.2 Å². The van der Waals surface area contributed by atoms with Gasteiger partial charge in [-0.05, 0) is 30.7 Å². The third-order valence-electron chi connectivity index (χ3n) is 1.52. The fourth-order valence-corrected chi connectivity index (χ4v) is 1.02. The van der Waals surface area contributed by atoms with E-state index in [9.17, 15) is 8.78 Å². The summed E-state index contributed by atoms with van der Waals surface area (Å²) in [6, 6.07) is 3.22. The minimum absolute atomic E-state index is 0.142. The van der Waals surface area contributed by atoms with Crippen LogP contribution >= 0.6 is 0 Å². The van der Waals surface area contributed by atoms with Crippen LogP contribution in [0.3, 0.4) is 0 Å². The van der Waals surface area contributed by atoms with E-state index in [-0.39, 0.29) is 12.0 Å². The number of hydrogen-bond donors (Lipinski definition) is 1. The summed E-state index contributed by atoms with van der Waals surface area (Å²) in [5.74, 6) is -0.954. The van der Waals surface area contributed by atoms with Crippen LogP contribution in [0.5, 0.6) is 0 Å². The summed E-state index contributed by atoms with van der Waals surface area (Å²) in [5.41, 5.74) is 0.213. The molecule has 0 saturated heterocycles. The van der Waals surface area contributed by atoms with Crippen LogP contribution in [0.4, 0.5) is 8.78 Å². The molecule has 0 heterocycles. The van der Waals surface area contributed by atoms with E-state index < -0.39 is 17.7 Å². The molecule has 0 saturated carbocycles. The zero-order chi connectivity index (χ0) is 9.14. The second kappa shape index (κ2) is 3.63. The average molecular weight is 172 g/mol. The Bertz CT molecular complexity index is 271. The molecule has 0 bridgehead atoms. The van der Waals surface area contributed by atoms with Crippen LogP contribution < -0.4 is 0 Å². The largest absolute Gasteiger partial charge is 0.393 e. The quantitative estimate of drug-likeness (QED) is 0.722. The molecule has 0 aliphatic rings. The SMILES string of the molecule is CC(O)Cc1cc(F)ccc1F. The summed E-state index contributed by atoms with van der Waals surface area (Å²) in [4.78, 5) is 0. The summed E-state index contributed by atoms with van der Waals surface area (Å²) >= 11 is 0. The fraction of sp³-hybridized carbons (Fsp3) is 0.333. The normalized spacial score (nSPS) is 13.0. The van der Waals surface area contributed by atoms with E-state index in [4.69, 9.17) is 5.11 Å². The van der Waals surface area contributed by atoms with Gasteiger partial charge in [0.05, 0.1) is 6.10 Å². The standard InChI is InChI=1S/C9H10F2O/c1-6(12)4-7-5-8(10)2-3-9(7)11/h2-3,5-6,12H,4H2,1H3. The Balaban J connectivity index is 2.90. The molecule has 1 aromatic carbocycles. The Labute approximate surface area is 69.7 Å². The average Bonchev–Trinajstić information content (AvgIpc) is 1.96. The van der Waals surface area contributed by atoms with Gasteiger partial charge in [-0.2, -0.15) is 0 Å². The minimum Gasteiger partial charge on any atom is -0.393 e. The maximum Gasteiger partial charge on any atom is 0.126 e. The molecule has 1 atom stereocenters. The molecule has 1 N–H and O–H groups in total. The highest BCUT2D eigenvalue weighted by Crippen LogP contribution is 2.11. The lowest BCUT2D eigenvalue weighted by molar-refractivity contribution is 0.194. The Morgan fingerprint density at radius 1 is 1.42 bits per heavy atom. The third kappa shape index (κ3) is 2.27. The molecule has 0 aliphatic heterocycles. The van der Waals surface area contributed by atoms with Gasteiger partial charge in [-0.25, -0.2) is 8.78 Å². The van der Waals surface area contributed by atoms with E-state index in [0.717, 1.165) is 18.2 Å². The van der Waals surface area contributed by atoms with Gasteiger partial charge in [0.2, 0.25) is 0 Å². The zero-order valence-corrected chi connectivity index (χ0v) is 6.72. The number of halogens is 2. The third-order valence-corrected chi connectivity index (χ3v) is 1.52. The molecule has 0 radical (unpaired) electrons. The van der Waals surface area contributed by atoms with Crippen molar-refractivity contribution in [3.8, 4) is 0 Å². The van der Waals surface area contributed by atoms with Crippen molar-refractivity contribution in [2.24, 2.45) is 0 Å². The highest BCUT2D eigenvalue weighted by Gasteiger charge is 2.06. The summed E-state index contributed by atoms with van der Waals surface area (Å²) in [6.45, 7) is 1.53. The van der Waals surface area contributed by atoms with Crippen molar-refractivity contribution < 1.29 is 13.9 Å². The highest BCUT2D eigenvalue weighted by molar-refractivity contribution is 5.19. The van der Waals surface area contributed by atoms with Crippen LogP contribution in [0, 0.1) is 11.6 Å². The number of aliphatic hydroxyl groups excluding tert-OH is 1. The van der Waals surface area contributed by atoms with Crippen LogP contribution in [-0.2, 0) is 6.42 Å². The van der Waals surface area contributed by atoms with Crippen LogP contribution in [0.1, 0.15) is 12.5 Å². The highest BCUT2D eigenvalue weighted by atomic mass is 19.1. The Kier molecular flexibility index (Phi) is 2.76. The summed E-state index contributed by atoms with van der Waals surface area (Å²) in [6.07, 6.45) is -0.509. The van der Waals surface area contributed by atoms with Gasteiger partial charge in [0, 0.05) is 6.42 Å². The maximum absolute atomic E-state index is 12.9. The summed E-state index contributed by atoms with van der Waals surface area (Å²) < 4.78 is 25.4. The van der Waals surface area contributed by atoms with E-state index in [0.29, 0.717) is 0 Å². The van der Waals surface area contributed by atoms with Crippen molar-refractivity contribution >= 4 is 0 Å². The lowest BCUT2D eigenvalue weighted by Crippen LogP contribution is -2.06. The molecule has 0 amide bonds. The molecule has 1 rings (SSSR count). The fourth-order valence-electron chi connectivity index (χ4n) is 1.02. The lowest BCUT2D eigenvalue weighted by Gasteiger charge is -2.04. The monoisotopic (exact) mass is 172 g/mol. The van der Waals surface area contributed by atoms with E-state index in [1.54, 1.807) is 0 Å². The van der Waals surface area contributed by atoms with Crippen molar-refractivity contribution in [1.29, 1.82) is 0 Å². The van der Waals surface area contributed by atoms with Gasteiger partial charge in [-0.3, -0.25) is 0 Å². The molecular weight excluding hydrogens is 162 g/mol. The Morgan fingerprint density at radius 3 is 2.67 bits per heavy atom. The summed E-state index contributed by atoms with van der Waals surface area (Å²) in [7, 11) is 0. The van der Waals surface area contributed by atoms with E-state index in [2.05, 4.69) is 0 Å². The maximum atomic E-state index is 12.9. The predicted molar refractivity (Wildman–Crippen MR) is 41.7 cm³/mol. The molecule has 1 nitrogen and oxygen atoms in total. The number of hydrogen-bond acceptors (Lipinski definition) is 1. The first kappa shape index (κ1) is 9.13. The van der Waals surface area contributed by atoms with Gasteiger partial charge in [0.25, 0.3) is 0 Å². The summed E-state index contributed by atoms with van der Waals surface area (Å²) in [5, 5.41) is 8.93. The Hall–Kier alpha value is -0.960. The number of aliphatic hydroxyl groups is 1. The van der Waals surface area contributed by atoms with Crippen molar-refractivity contribution in [3.05, 3.63) is 35.4 Å². The van der Waals surface area contributed by atoms with Crippen molar-refractivity contribution in [2.75, 3.05) is 0 Å². The van der Waals surface area contributed by atoms with E-state index >= 15 is 0 Å². The van der Waals surface area contributed by atoms with Crippen molar-refractivity contribution in [1.82, 2.24) is 0 Å². The molecular formula is C9H10F2O. The van der Waals surface area contributed by atoms with Gasteiger partial charge in [-0.1, -0.05) is 0 Å². The van der Waals surface area contributed by atoms with Crippen molar-refractivity contribution in [2.45, 2.75) is 19.4 Å². The molecule has 0 aliphatic carbocycles. The molecule has 1 unspecified atom stereocenters. The lowest BCUT2D eigenvalue weighted by atomic mass is 10.1. The first-order chi connectivity index (χ1) is 5.59.